The molecule has 0 aliphatic carbocycles. The molecule has 1 fully saturated rings. The van der Waals surface area contributed by atoms with Gasteiger partial charge in [0, 0.05) is 31.3 Å². The second-order valence-corrected chi connectivity index (χ2v) is 7.11. The number of H-pyrrole nitrogens is 1. The fourth-order valence-corrected chi connectivity index (χ4v) is 3.47. The van der Waals surface area contributed by atoms with Crippen molar-refractivity contribution < 1.29 is 9.26 Å². The van der Waals surface area contributed by atoms with Gasteiger partial charge in [-0.05, 0) is 11.6 Å². The highest BCUT2D eigenvalue weighted by Crippen LogP contribution is 2.27. The van der Waals surface area contributed by atoms with Crippen LogP contribution < -0.4 is 10.5 Å². The number of nitrogens with one attached hydrogen (secondary N) is 1. The van der Waals surface area contributed by atoms with Crippen molar-refractivity contribution in [1.29, 1.82) is 0 Å². The third-order valence-electron chi connectivity index (χ3n) is 5.01. The third-order valence-corrected chi connectivity index (χ3v) is 5.01. The van der Waals surface area contributed by atoms with E-state index >= 15 is 0 Å². The molecule has 5 rings (SSSR count). The van der Waals surface area contributed by atoms with Crippen LogP contribution in [0.1, 0.15) is 17.6 Å². The normalized spacial score (nSPS) is 16.4. The Hall–Kier alpha value is -3.92. The van der Waals surface area contributed by atoms with Crippen LogP contribution in [0.5, 0.6) is 0 Å². The van der Waals surface area contributed by atoms with Gasteiger partial charge in [-0.1, -0.05) is 29.4 Å². The quantitative estimate of drug-likeness (QED) is 0.532. The Kier molecular flexibility index (Phi) is 4.97. The second-order valence-electron chi connectivity index (χ2n) is 7.11. The van der Waals surface area contributed by atoms with E-state index in [0.29, 0.717) is 48.7 Å². The number of benzene rings is 1. The number of morpholine rings is 1. The van der Waals surface area contributed by atoms with Gasteiger partial charge in [0.05, 0.1) is 24.5 Å². The van der Waals surface area contributed by atoms with Gasteiger partial charge in [-0.2, -0.15) is 4.98 Å². The molecular formula is C21H19N7O3. The Morgan fingerprint density at radius 1 is 1.13 bits per heavy atom. The first-order valence-electron chi connectivity index (χ1n) is 9.81. The maximum Gasteiger partial charge on any atom is 0.252 e. The van der Waals surface area contributed by atoms with E-state index in [0.717, 1.165) is 11.1 Å². The Balaban J connectivity index is 1.37. The van der Waals surface area contributed by atoms with E-state index in [2.05, 4.69) is 30.1 Å². The predicted molar refractivity (Wildman–Crippen MR) is 111 cm³/mol. The molecule has 1 N–H and O–H groups in total. The van der Waals surface area contributed by atoms with Crippen molar-refractivity contribution in [2.75, 3.05) is 24.6 Å². The minimum absolute atomic E-state index is 0.164. The van der Waals surface area contributed by atoms with Crippen molar-refractivity contribution in [1.82, 2.24) is 30.1 Å². The van der Waals surface area contributed by atoms with E-state index in [4.69, 9.17) is 9.26 Å². The first kappa shape index (κ1) is 19.1. The minimum Gasteiger partial charge on any atom is -0.370 e. The molecule has 4 heterocycles. The van der Waals surface area contributed by atoms with Crippen molar-refractivity contribution >= 4 is 5.95 Å². The van der Waals surface area contributed by atoms with Crippen LogP contribution in [0.15, 0.2) is 58.2 Å². The highest BCUT2D eigenvalue weighted by Gasteiger charge is 2.24. The highest BCUT2D eigenvalue weighted by molar-refractivity contribution is 5.56. The van der Waals surface area contributed by atoms with E-state index < -0.39 is 0 Å². The molecule has 1 unspecified atom stereocenters. The molecule has 31 heavy (non-hydrogen) atoms. The van der Waals surface area contributed by atoms with Crippen LogP contribution in [-0.2, 0) is 4.74 Å². The average Bonchev–Trinajstić information content (AvgIpc) is 3.26. The molecule has 0 radical (unpaired) electrons. The van der Waals surface area contributed by atoms with Gasteiger partial charge in [0.2, 0.25) is 17.7 Å². The van der Waals surface area contributed by atoms with E-state index in [-0.39, 0.29) is 11.7 Å². The molecule has 1 aliphatic heterocycles. The Labute approximate surface area is 177 Å². The molecule has 0 spiro atoms. The fourth-order valence-electron chi connectivity index (χ4n) is 3.47. The summed E-state index contributed by atoms with van der Waals surface area (Å²) < 4.78 is 11.0. The average molecular weight is 417 g/mol. The summed E-state index contributed by atoms with van der Waals surface area (Å²) in [6, 6.07) is 11.0. The van der Waals surface area contributed by atoms with E-state index in [9.17, 15) is 4.79 Å². The summed E-state index contributed by atoms with van der Waals surface area (Å²) in [5.74, 6) is 1.57. The highest BCUT2D eigenvalue weighted by atomic mass is 16.5. The van der Waals surface area contributed by atoms with Crippen LogP contribution in [0, 0.1) is 6.92 Å². The largest absolute Gasteiger partial charge is 0.370 e. The number of aromatic amines is 1. The first-order valence-corrected chi connectivity index (χ1v) is 9.81. The lowest BCUT2D eigenvalue weighted by atomic mass is 10.1. The van der Waals surface area contributed by atoms with Crippen LogP contribution in [0.3, 0.4) is 0 Å². The number of hydrogen-bond donors (Lipinski definition) is 1. The standard InChI is InChI=1S/C21H19N7O3/c1-13-24-20(27-31-13)15-4-2-14(3-5-15)18-11-28(8-9-30-18)21-25-17(10-19(29)26-21)16-6-7-22-12-23-16/h2-7,10,12,18H,8-9,11H2,1H3,(H,25,26,29). The molecule has 0 bridgehead atoms. The molecule has 1 aliphatic rings. The first-order chi connectivity index (χ1) is 15.2. The maximum absolute atomic E-state index is 12.2. The number of hydrogen-bond acceptors (Lipinski definition) is 9. The molecule has 0 amide bonds. The summed E-state index contributed by atoms with van der Waals surface area (Å²) >= 11 is 0. The molecule has 4 aromatic rings. The maximum atomic E-state index is 12.2. The predicted octanol–water partition coefficient (Wildman–Crippen LogP) is 2.16. The van der Waals surface area contributed by atoms with E-state index in [1.807, 2.05) is 29.2 Å². The van der Waals surface area contributed by atoms with Crippen LogP contribution in [0.2, 0.25) is 0 Å². The summed E-state index contributed by atoms with van der Waals surface area (Å²) in [5, 5.41) is 3.94. The van der Waals surface area contributed by atoms with Crippen molar-refractivity contribution in [2.24, 2.45) is 0 Å². The van der Waals surface area contributed by atoms with Crippen LogP contribution >= 0.6 is 0 Å². The minimum atomic E-state index is -0.235. The van der Waals surface area contributed by atoms with Crippen LogP contribution in [0.4, 0.5) is 5.95 Å². The number of rotatable bonds is 4. The van der Waals surface area contributed by atoms with Crippen molar-refractivity contribution in [3.8, 4) is 22.8 Å². The lowest BCUT2D eigenvalue weighted by Crippen LogP contribution is -2.40. The van der Waals surface area contributed by atoms with Gasteiger partial charge >= 0.3 is 0 Å². The van der Waals surface area contributed by atoms with Crippen LogP contribution in [0.25, 0.3) is 22.8 Å². The Morgan fingerprint density at radius 3 is 2.74 bits per heavy atom. The molecule has 1 saturated heterocycles. The molecule has 1 atom stereocenters. The van der Waals surface area contributed by atoms with Gasteiger partial charge in [0.1, 0.15) is 12.4 Å². The van der Waals surface area contributed by atoms with Gasteiger partial charge in [-0.15, -0.1) is 0 Å². The molecular weight excluding hydrogens is 398 g/mol. The van der Waals surface area contributed by atoms with Gasteiger partial charge < -0.3 is 14.2 Å². The number of nitrogens with zero attached hydrogens (tertiary/aromatic N) is 6. The molecule has 0 saturated carbocycles. The number of aromatic nitrogens is 6. The molecule has 1 aromatic carbocycles. The number of aryl methyl sites for hydroxylation is 1. The summed E-state index contributed by atoms with van der Waals surface area (Å²) in [6.07, 6.45) is 2.89. The van der Waals surface area contributed by atoms with Gasteiger partial charge in [-0.25, -0.2) is 15.0 Å². The topological polar surface area (TPSA) is 123 Å². The summed E-state index contributed by atoms with van der Waals surface area (Å²) in [5.41, 5.74) is 2.75. The monoisotopic (exact) mass is 417 g/mol. The third kappa shape index (κ3) is 4.05. The van der Waals surface area contributed by atoms with Crippen LogP contribution in [-0.4, -0.2) is 49.8 Å². The Morgan fingerprint density at radius 2 is 2.00 bits per heavy atom. The van der Waals surface area contributed by atoms with Gasteiger partial charge in [0.15, 0.2) is 0 Å². The SMILES string of the molecule is Cc1nc(-c2ccc(C3CN(c4nc(-c5ccncn5)cc(=O)[nH]4)CCO3)cc2)no1. The lowest BCUT2D eigenvalue weighted by molar-refractivity contribution is 0.0392. The molecule has 3 aromatic heterocycles. The molecule has 156 valence electrons. The van der Waals surface area contributed by atoms with Gasteiger partial charge in [0.25, 0.3) is 5.56 Å². The Bertz CT molecular complexity index is 1240. The zero-order chi connectivity index (χ0) is 21.2. The number of ether oxygens (including phenoxy) is 1. The van der Waals surface area contributed by atoms with E-state index in [1.165, 1.54) is 12.4 Å². The second kappa shape index (κ2) is 8.07. The zero-order valence-electron chi connectivity index (χ0n) is 16.7. The van der Waals surface area contributed by atoms with Crippen molar-refractivity contribution in [2.45, 2.75) is 13.0 Å². The lowest BCUT2D eigenvalue weighted by Gasteiger charge is -2.33. The van der Waals surface area contributed by atoms with Crippen molar-refractivity contribution in [3.63, 3.8) is 0 Å². The zero-order valence-corrected chi connectivity index (χ0v) is 16.7. The van der Waals surface area contributed by atoms with E-state index in [1.54, 1.807) is 19.2 Å². The summed E-state index contributed by atoms with van der Waals surface area (Å²) in [6.45, 7) is 3.44. The summed E-state index contributed by atoms with van der Waals surface area (Å²) in [7, 11) is 0. The smallest absolute Gasteiger partial charge is 0.252 e. The fraction of sp³-hybridized carbons (Fsp3) is 0.238. The summed E-state index contributed by atoms with van der Waals surface area (Å²) in [4.78, 5) is 34.0. The number of anilines is 1. The molecule has 10 nitrogen and oxygen atoms in total. The van der Waals surface area contributed by atoms with Crippen molar-refractivity contribution in [3.05, 3.63) is 70.7 Å². The van der Waals surface area contributed by atoms with Gasteiger partial charge in [-0.3, -0.25) is 9.78 Å². The molecule has 10 heteroatoms.